The molecular formula is C20H27N4O15P3S2. The molecule has 2 aromatic heterocycles. The molecule has 1 aliphatic heterocycles. The van der Waals surface area contributed by atoms with Crippen LogP contribution in [-0.2, 0) is 36.4 Å². The Morgan fingerprint density at radius 2 is 1.93 bits per heavy atom. The number of nitrogens with one attached hydrogen (secondary N) is 2. The number of aromatic nitrogens is 3. The molecule has 0 aliphatic carbocycles. The standard InChI is InChI=1S/C20H27N4O15P3S2/c25-14-10-18(37-15(14)12-36-41(32,33)39-42(34,35)38-40(29,30)31)24-11-13(19(27)23-20(24)28)4-3-8-21-16(26)6-9-43-44-17-5-1-2-7-22-17/h1-5,7,11,14-15,18,25H,6,8-10,12H2,(H,21,26)(H,32,33)(H,34,35)(H,23,27,28)(H2,29,30,31)/b4-3+/t14?,15-,18-/m1/s1. The third-order valence-electron chi connectivity index (χ3n) is 5.24. The number of phosphoric acid groups is 3. The number of rotatable bonds is 16. The van der Waals surface area contributed by atoms with E-state index in [1.54, 1.807) is 12.3 Å². The van der Waals surface area contributed by atoms with Crippen molar-refractivity contribution in [3.8, 4) is 0 Å². The van der Waals surface area contributed by atoms with Gasteiger partial charge in [0.25, 0.3) is 5.56 Å². The molecule has 1 amide bonds. The third-order valence-corrected chi connectivity index (χ3v) is 11.3. The minimum absolute atomic E-state index is 0.00373. The molecule has 7 N–H and O–H groups in total. The topological polar surface area (TPSA) is 286 Å². The van der Waals surface area contributed by atoms with Gasteiger partial charge in [0.15, 0.2) is 0 Å². The van der Waals surface area contributed by atoms with Crippen molar-refractivity contribution < 1.29 is 61.1 Å². The van der Waals surface area contributed by atoms with Gasteiger partial charge in [-0.3, -0.25) is 23.7 Å². The summed E-state index contributed by atoms with van der Waals surface area (Å²) >= 11 is 0. The summed E-state index contributed by atoms with van der Waals surface area (Å²) in [7, 11) is -13.9. The van der Waals surface area contributed by atoms with Gasteiger partial charge in [0, 0.05) is 37.5 Å². The number of ether oxygens (including phenoxy) is 1. The summed E-state index contributed by atoms with van der Waals surface area (Å²) in [6, 6.07) is 5.51. The van der Waals surface area contributed by atoms with Gasteiger partial charge in [-0.25, -0.2) is 23.5 Å². The highest BCUT2D eigenvalue weighted by Gasteiger charge is 2.43. The van der Waals surface area contributed by atoms with Gasteiger partial charge >= 0.3 is 29.2 Å². The van der Waals surface area contributed by atoms with Gasteiger partial charge < -0.3 is 34.7 Å². The van der Waals surface area contributed by atoms with E-state index in [1.807, 2.05) is 12.1 Å². The highest BCUT2D eigenvalue weighted by atomic mass is 33.1. The van der Waals surface area contributed by atoms with Crippen LogP contribution in [0.2, 0.25) is 0 Å². The number of hydrogen-bond donors (Lipinski definition) is 7. The lowest BCUT2D eigenvalue weighted by atomic mass is 10.2. The molecule has 2 aromatic rings. The molecule has 3 heterocycles. The van der Waals surface area contributed by atoms with E-state index in [2.05, 4.69) is 28.4 Å². The summed E-state index contributed by atoms with van der Waals surface area (Å²) < 4.78 is 52.2. The molecular weight excluding hydrogens is 693 g/mol. The number of amides is 1. The number of aliphatic hydroxyl groups excluding tert-OH is 1. The second-order valence-corrected chi connectivity index (χ2v) is 15.5. The molecule has 0 spiro atoms. The Hall–Kier alpha value is -1.93. The Morgan fingerprint density at radius 3 is 2.61 bits per heavy atom. The number of carbonyl (C=O) groups excluding carboxylic acids is 1. The fraction of sp³-hybridized carbons (Fsp3) is 0.400. The van der Waals surface area contributed by atoms with Crippen LogP contribution >= 0.6 is 45.1 Å². The number of phosphoric ester groups is 1. The monoisotopic (exact) mass is 720 g/mol. The molecule has 3 unspecified atom stereocenters. The van der Waals surface area contributed by atoms with Crippen LogP contribution in [0.1, 0.15) is 24.6 Å². The van der Waals surface area contributed by atoms with Crippen molar-refractivity contribution in [1.82, 2.24) is 19.9 Å². The number of H-pyrrole nitrogens is 1. The SMILES string of the molecule is O=C(CCSSc1ccccn1)NC/C=C/c1cn([C@H]2CC(O)[C@@H](COP(=O)(O)OP(=O)(O)OP(=O)(O)O)O2)c(=O)[nH]c1=O. The molecule has 0 bridgehead atoms. The molecule has 1 fully saturated rings. The number of carbonyl (C=O) groups is 1. The Bertz CT molecular complexity index is 1580. The van der Waals surface area contributed by atoms with Gasteiger partial charge in [0.1, 0.15) is 17.4 Å². The lowest BCUT2D eigenvalue weighted by Crippen LogP contribution is -2.33. The van der Waals surface area contributed by atoms with Crippen LogP contribution in [-0.4, -0.2) is 76.2 Å². The Kier molecular flexibility index (Phi) is 13.3. The van der Waals surface area contributed by atoms with Crippen molar-refractivity contribution in [3.05, 3.63) is 63.1 Å². The van der Waals surface area contributed by atoms with E-state index in [1.165, 1.54) is 33.7 Å². The summed E-state index contributed by atoms with van der Waals surface area (Å²) in [5.41, 5.74) is -1.66. The Morgan fingerprint density at radius 1 is 1.18 bits per heavy atom. The summed E-state index contributed by atoms with van der Waals surface area (Å²) in [4.78, 5) is 78.9. The number of aliphatic hydroxyl groups is 1. The molecule has 24 heteroatoms. The van der Waals surface area contributed by atoms with Crippen LogP contribution in [0.5, 0.6) is 0 Å². The maximum atomic E-state index is 12.4. The zero-order valence-electron chi connectivity index (χ0n) is 22.2. The predicted molar refractivity (Wildman–Crippen MR) is 155 cm³/mol. The van der Waals surface area contributed by atoms with Crippen molar-refractivity contribution in [3.63, 3.8) is 0 Å². The highest BCUT2D eigenvalue weighted by Crippen LogP contribution is 2.66. The second-order valence-electron chi connectivity index (χ2n) is 8.60. The van der Waals surface area contributed by atoms with E-state index in [9.17, 15) is 43.0 Å². The van der Waals surface area contributed by atoms with Gasteiger partial charge in [0.05, 0.1) is 18.3 Å². The van der Waals surface area contributed by atoms with Crippen molar-refractivity contribution in [2.75, 3.05) is 18.9 Å². The normalized spacial score (nSPS) is 21.6. The van der Waals surface area contributed by atoms with Gasteiger partial charge in [-0.05, 0) is 22.9 Å². The zero-order valence-corrected chi connectivity index (χ0v) is 26.5. The van der Waals surface area contributed by atoms with Gasteiger partial charge in [-0.1, -0.05) is 29.0 Å². The van der Waals surface area contributed by atoms with E-state index < -0.39 is 59.8 Å². The maximum absolute atomic E-state index is 12.4. The van der Waals surface area contributed by atoms with E-state index in [-0.39, 0.29) is 30.9 Å². The van der Waals surface area contributed by atoms with E-state index in [0.717, 1.165) is 15.8 Å². The van der Waals surface area contributed by atoms with E-state index in [0.29, 0.717) is 5.75 Å². The highest BCUT2D eigenvalue weighted by molar-refractivity contribution is 8.76. The average molecular weight is 721 g/mol. The number of nitrogens with zero attached hydrogens (tertiary/aromatic N) is 2. The molecule has 5 atom stereocenters. The van der Waals surface area contributed by atoms with Crippen molar-refractivity contribution in [2.45, 2.75) is 36.3 Å². The van der Waals surface area contributed by atoms with E-state index in [4.69, 9.17) is 14.5 Å². The smallest absolute Gasteiger partial charge is 0.390 e. The maximum Gasteiger partial charge on any atom is 0.490 e. The predicted octanol–water partition coefficient (Wildman–Crippen LogP) is 0.883. The van der Waals surface area contributed by atoms with Gasteiger partial charge in [-0.2, -0.15) is 8.62 Å². The van der Waals surface area contributed by atoms with Crippen LogP contribution < -0.4 is 16.6 Å². The molecule has 0 saturated carbocycles. The lowest BCUT2D eigenvalue weighted by Gasteiger charge is -2.19. The lowest BCUT2D eigenvalue weighted by molar-refractivity contribution is -0.120. The summed E-state index contributed by atoms with van der Waals surface area (Å²) in [5.74, 6) is 0.315. The third kappa shape index (κ3) is 12.5. The van der Waals surface area contributed by atoms with Crippen LogP contribution in [0.15, 0.2) is 51.3 Å². The van der Waals surface area contributed by atoms with Crippen LogP contribution in [0.4, 0.5) is 0 Å². The fourth-order valence-electron chi connectivity index (χ4n) is 3.42. The molecule has 3 rings (SSSR count). The average Bonchev–Trinajstić information content (AvgIpc) is 3.27. The van der Waals surface area contributed by atoms with Crippen LogP contribution in [0.3, 0.4) is 0 Å². The first-order valence-electron chi connectivity index (χ1n) is 12.1. The van der Waals surface area contributed by atoms with Gasteiger partial charge in [-0.15, -0.1) is 0 Å². The first-order valence-corrected chi connectivity index (χ1v) is 19.0. The minimum atomic E-state index is -5.74. The molecule has 1 saturated heterocycles. The molecule has 0 aromatic carbocycles. The summed E-state index contributed by atoms with van der Waals surface area (Å²) in [6.07, 6.45) is 1.62. The molecule has 0 radical (unpaired) electrons. The van der Waals surface area contributed by atoms with Crippen LogP contribution in [0, 0.1) is 0 Å². The first kappa shape index (κ1) is 36.5. The first-order chi connectivity index (χ1) is 20.5. The van der Waals surface area contributed by atoms with Crippen molar-refractivity contribution >= 4 is 57.0 Å². The quantitative estimate of drug-likeness (QED) is 0.0719. The van der Waals surface area contributed by atoms with Crippen molar-refractivity contribution in [2.24, 2.45) is 0 Å². The van der Waals surface area contributed by atoms with Crippen LogP contribution in [0.25, 0.3) is 6.08 Å². The fourth-order valence-corrected chi connectivity index (χ4v) is 8.32. The number of hydrogen-bond acceptors (Lipinski definition) is 14. The Labute approximate surface area is 255 Å². The Balaban J connectivity index is 1.51. The summed E-state index contributed by atoms with van der Waals surface area (Å²) in [6.45, 7) is -0.858. The molecule has 1 aliphatic rings. The second kappa shape index (κ2) is 16.1. The minimum Gasteiger partial charge on any atom is -0.390 e. The number of pyridine rings is 1. The van der Waals surface area contributed by atoms with E-state index >= 15 is 0 Å². The molecule has 19 nitrogen and oxygen atoms in total. The molecule has 44 heavy (non-hydrogen) atoms. The zero-order chi connectivity index (χ0) is 32.5. The molecule has 244 valence electrons. The largest absolute Gasteiger partial charge is 0.490 e. The number of aromatic amines is 1. The summed E-state index contributed by atoms with van der Waals surface area (Å²) in [5, 5.41) is 13.8. The van der Waals surface area contributed by atoms with Crippen molar-refractivity contribution in [1.29, 1.82) is 0 Å². The van der Waals surface area contributed by atoms with Gasteiger partial charge in [0.2, 0.25) is 5.91 Å².